The minimum absolute atomic E-state index is 0.00933. The largest absolute Gasteiger partial charge is 0.496 e. The highest BCUT2D eigenvalue weighted by Gasteiger charge is 2.18. The van der Waals surface area contributed by atoms with Gasteiger partial charge in [-0.3, -0.25) is 0 Å². The van der Waals surface area contributed by atoms with Crippen molar-refractivity contribution >= 4 is 27.3 Å². The highest BCUT2D eigenvalue weighted by Crippen LogP contribution is 2.21. The number of benzene rings is 1. The van der Waals surface area contributed by atoms with E-state index in [1.54, 1.807) is 7.11 Å². The van der Waals surface area contributed by atoms with E-state index in [1.807, 2.05) is 24.3 Å². The lowest BCUT2D eigenvalue weighted by Crippen LogP contribution is -2.25. The zero-order valence-corrected chi connectivity index (χ0v) is 13.4. The van der Waals surface area contributed by atoms with Crippen molar-refractivity contribution in [2.24, 2.45) is 0 Å². The molecule has 1 heterocycles. The van der Waals surface area contributed by atoms with Crippen LogP contribution in [0.2, 0.25) is 0 Å². The molecule has 1 aromatic heterocycles. The standard InChI is InChI=1S/C14H15NO5S2/c1-20-12-5-3-2-4-10(12)6-7-15-22(18,19)13-8-11(9-21-13)14(16)17/h2-5,8-9,15H,6-7H2,1H3,(H,16,17). The predicted molar refractivity (Wildman–Crippen MR) is 83.2 cm³/mol. The molecule has 0 aliphatic rings. The van der Waals surface area contributed by atoms with Crippen LogP contribution >= 0.6 is 11.3 Å². The Hall–Kier alpha value is -1.90. The number of carbonyl (C=O) groups is 1. The van der Waals surface area contributed by atoms with Crippen LogP contribution in [-0.2, 0) is 16.4 Å². The summed E-state index contributed by atoms with van der Waals surface area (Å²) in [6, 6.07) is 8.51. The molecule has 0 radical (unpaired) electrons. The fourth-order valence-electron chi connectivity index (χ4n) is 1.87. The van der Waals surface area contributed by atoms with E-state index in [4.69, 9.17) is 9.84 Å². The van der Waals surface area contributed by atoms with Crippen LogP contribution in [0.4, 0.5) is 0 Å². The molecule has 22 heavy (non-hydrogen) atoms. The van der Waals surface area contributed by atoms with Crippen molar-refractivity contribution < 1.29 is 23.1 Å². The van der Waals surface area contributed by atoms with Gasteiger partial charge in [-0.2, -0.15) is 0 Å². The molecule has 0 fully saturated rings. The summed E-state index contributed by atoms with van der Waals surface area (Å²) in [6.45, 7) is 0.197. The van der Waals surface area contributed by atoms with Gasteiger partial charge < -0.3 is 9.84 Å². The van der Waals surface area contributed by atoms with Crippen molar-refractivity contribution in [3.8, 4) is 5.75 Å². The summed E-state index contributed by atoms with van der Waals surface area (Å²) in [7, 11) is -2.14. The van der Waals surface area contributed by atoms with Gasteiger partial charge in [0, 0.05) is 11.9 Å². The molecule has 0 amide bonds. The topological polar surface area (TPSA) is 92.7 Å². The van der Waals surface area contributed by atoms with E-state index in [0.717, 1.165) is 23.0 Å². The second-order valence-corrected chi connectivity index (χ2v) is 7.32. The maximum Gasteiger partial charge on any atom is 0.336 e. The third kappa shape index (κ3) is 3.85. The zero-order chi connectivity index (χ0) is 16.2. The molecule has 0 saturated heterocycles. The van der Waals surface area contributed by atoms with Crippen LogP contribution in [0.15, 0.2) is 39.9 Å². The van der Waals surface area contributed by atoms with Gasteiger partial charge in [0.2, 0.25) is 10.0 Å². The number of hydrogen-bond acceptors (Lipinski definition) is 5. The number of sulfonamides is 1. The summed E-state index contributed by atoms with van der Waals surface area (Å²) >= 11 is 0.883. The Morgan fingerprint density at radius 3 is 2.73 bits per heavy atom. The summed E-state index contributed by atoms with van der Waals surface area (Å²) in [4.78, 5) is 10.8. The van der Waals surface area contributed by atoms with Gasteiger partial charge in [-0.1, -0.05) is 18.2 Å². The molecule has 2 N–H and O–H groups in total. The number of ether oxygens (including phenoxy) is 1. The molecular weight excluding hydrogens is 326 g/mol. The monoisotopic (exact) mass is 341 g/mol. The molecule has 2 aromatic rings. The highest BCUT2D eigenvalue weighted by molar-refractivity contribution is 7.91. The summed E-state index contributed by atoms with van der Waals surface area (Å²) < 4.78 is 31.8. The molecule has 8 heteroatoms. The van der Waals surface area contributed by atoms with Crippen LogP contribution in [0, 0.1) is 0 Å². The van der Waals surface area contributed by atoms with E-state index in [-0.39, 0.29) is 16.3 Å². The Kier molecular flexibility index (Phi) is 5.17. The zero-order valence-electron chi connectivity index (χ0n) is 11.8. The first-order valence-corrected chi connectivity index (χ1v) is 8.73. The van der Waals surface area contributed by atoms with E-state index in [0.29, 0.717) is 12.2 Å². The molecular formula is C14H15NO5S2. The molecule has 0 spiro atoms. The third-order valence-electron chi connectivity index (χ3n) is 2.97. The van der Waals surface area contributed by atoms with Gasteiger partial charge >= 0.3 is 5.97 Å². The number of carboxylic acids is 1. The van der Waals surface area contributed by atoms with Gasteiger partial charge in [-0.05, 0) is 24.1 Å². The molecule has 0 atom stereocenters. The second kappa shape index (κ2) is 6.91. The summed E-state index contributed by atoms with van der Waals surface area (Å²) in [5, 5.41) is 10.1. The van der Waals surface area contributed by atoms with Crippen molar-refractivity contribution in [2.75, 3.05) is 13.7 Å². The van der Waals surface area contributed by atoms with Crippen LogP contribution in [0.3, 0.4) is 0 Å². The predicted octanol–water partition coefficient (Wildman–Crippen LogP) is 1.98. The smallest absolute Gasteiger partial charge is 0.336 e. The molecule has 0 aliphatic carbocycles. The number of hydrogen-bond donors (Lipinski definition) is 2. The molecule has 118 valence electrons. The molecule has 0 bridgehead atoms. The lowest BCUT2D eigenvalue weighted by molar-refractivity contribution is 0.0697. The van der Waals surface area contributed by atoms with Crippen LogP contribution in [0.1, 0.15) is 15.9 Å². The molecule has 0 unspecified atom stereocenters. The Morgan fingerprint density at radius 2 is 2.09 bits per heavy atom. The van der Waals surface area contributed by atoms with Crippen molar-refractivity contribution in [1.29, 1.82) is 0 Å². The minimum atomic E-state index is -3.70. The van der Waals surface area contributed by atoms with Crippen LogP contribution in [0.5, 0.6) is 5.75 Å². The second-order valence-electron chi connectivity index (χ2n) is 4.42. The maximum absolute atomic E-state index is 12.1. The van der Waals surface area contributed by atoms with Gasteiger partial charge in [0.05, 0.1) is 12.7 Å². The minimum Gasteiger partial charge on any atom is -0.496 e. The summed E-state index contributed by atoms with van der Waals surface area (Å²) in [5.41, 5.74) is 0.861. The molecule has 6 nitrogen and oxygen atoms in total. The molecule has 1 aromatic carbocycles. The quantitative estimate of drug-likeness (QED) is 0.803. The number of para-hydroxylation sites is 1. The summed E-state index contributed by atoms with van der Waals surface area (Å²) in [5.74, 6) is -0.447. The highest BCUT2D eigenvalue weighted by atomic mass is 32.2. The van der Waals surface area contributed by atoms with E-state index in [1.165, 1.54) is 5.38 Å². The SMILES string of the molecule is COc1ccccc1CCNS(=O)(=O)c1cc(C(=O)O)cs1. The fourth-order valence-corrected chi connectivity index (χ4v) is 4.10. The lowest BCUT2D eigenvalue weighted by atomic mass is 10.1. The Bertz CT molecular complexity index is 767. The van der Waals surface area contributed by atoms with E-state index in [9.17, 15) is 13.2 Å². The van der Waals surface area contributed by atoms with E-state index >= 15 is 0 Å². The number of thiophene rings is 1. The van der Waals surface area contributed by atoms with Crippen molar-refractivity contribution in [2.45, 2.75) is 10.6 Å². The van der Waals surface area contributed by atoms with E-state index in [2.05, 4.69) is 4.72 Å². The van der Waals surface area contributed by atoms with Gasteiger partial charge in [0.25, 0.3) is 0 Å². The number of nitrogens with one attached hydrogen (secondary N) is 1. The molecule has 0 saturated carbocycles. The third-order valence-corrected chi connectivity index (χ3v) is 5.87. The van der Waals surface area contributed by atoms with Crippen molar-refractivity contribution in [3.63, 3.8) is 0 Å². The fraction of sp³-hybridized carbons (Fsp3) is 0.214. The number of rotatable bonds is 7. The number of aromatic carboxylic acids is 1. The normalized spacial score (nSPS) is 11.3. The number of carboxylic acid groups (broad SMARTS) is 1. The van der Waals surface area contributed by atoms with Crippen molar-refractivity contribution in [3.05, 3.63) is 46.8 Å². The van der Waals surface area contributed by atoms with Gasteiger partial charge in [0.15, 0.2) is 0 Å². The van der Waals surface area contributed by atoms with Crippen LogP contribution in [-0.4, -0.2) is 33.1 Å². The Labute approximate surface area is 132 Å². The van der Waals surface area contributed by atoms with Gasteiger partial charge in [-0.25, -0.2) is 17.9 Å². The van der Waals surface area contributed by atoms with Crippen LogP contribution in [0.25, 0.3) is 0 Å². The maximum atomic E-state index is 12.1. The van der Waals surface area contributed by atoms with Crippen molar-refractivity contribution in [1.82, 2.24) is 4.72 Å². The molecule has 0 aliphatic heterocycles. The van der Waals surface area contributed by atoms with Gasteiger partial charge in [-0.15, -0.1) is 11.3 Å². The first-order chi connectivity index (χ1) is 10.4. The Morgan fingerprint density at radius 1 is 1.36 bits per heavy atom. The first-order valence-electron chi connectivity index (χ1n) is 6.37. The summed E-state index contributed by atoms with van der Waals surface area (Å²) in [6.07, 6.45) is 0.473. The molecule has 2 rings (SSSR count). The first kappa shape index (κ1) is 16.5. The van der Waals surface area contributed by atoms with Gasteiger partial charge in [0.1, 0.15) is 9.96 Å². The average molecular weight is 341 g/mol. The average Bonchev–Trinajstić information content (AvgIpc) is 2.98. The number of methoxy groups -OCH3 is 1. The van der Waals surface area contributed by atoms with E-state index < -0.39 is 16.0 Å². The lowest BCUT2D eigenvalue weighted by Gasteiger charge is -2.08. The van der Waals surface area contributed by atoms with Crippen LogP contribution < -0.4 is 9.46 Å². The Balaban J connectivity index is 2.02.